The van der Waals surface area contributed by atoms with Crippen molar-refractivity contribution >= 4 is 34.3 Å². The van der Waals surface area contributed by atoms with Crippen LogP contribution < -0.4 is 10.9 Å². The van der Waals surface area contributed by atoms with Crippen molar-refractivity contribution in [1.29, 1.82) is 0 Å². The topological polar surface area (TPSA) is 64.0 Å². The van der Waals surface area contributed by atoms with E-state index in [2.05, 4.69) is 10.3 Å². The van der Waals surface area contributed by atoms with Crippen molar-refractivity contribution in [2.75, 3.05) is 5.32 Å². The summed E-state index contributed by atoms with van der Waals surface area (Å²) >= 11 is 1.22. The Kier molecular flexibility index (Phi) is 6.13. The van der Waals surface area contributed by atoms with E-state index in [9.17, 15) is 14.0 Å². The quantitative estimate of drug-likeness (QED) is 0.342. The predicted molar refractivity (Wildman–Crippen MR) is 122 cm³/mol. The molecule has 0 spiro atoms. The first kappa shape index (κ1) is 20.8. The van der Waals surface area contributed by atoms with Gasteiger partial charge in [0, 0.05) is 12.2 Å². The highest BCUT2D eigenvalue weighted by atomic mass is 32.2. The molecule has 0 saturated carbocycles. The zero-order valence-corrected chi connectivity index (χ0v) is 17.6. The van der Waals surface area contributed by atoms with Gasteiger partial charge in [0.25, 0.3) is 5.56 Å². The molecular formula is C24H20FN3O2S. The van der Waals surface area contributed by atoms with E-state index < -0.39 is 5.25 Å². The van der Waals surface area contributed by atoms with Gasteiger partial charge >= 0.3 is 0 Å². The van der Waals surface area contributed by atoms with Gasteiger partial charge in [-0.2, -0.15) is 0 Å². The number of benzene rings is 3. The lowest BCUT2D eigenvalue weighted by molar-refractivity contribution is -0.115. The van der Waals surface area contributed by atoms with Gasteiger partial charge < -0.3 is 5.32 Å². The van der Waals surface area contributed by atoms with Crippen molar-refractivity contribution in [3.8, 4) is 0 Å². The van der Waals surface area contributed by atoms with Crippen LogP contribution in [0.25, 0.3) is 10.9 Å². The number of carbonyl (C=O) groups is 1. The Labute approximate surface area is 182 Å². The fourth-order valence-corrected chi connectivity index (χ4v) is 4.42. The van der Waals surface area contributed by atoms with Crippen LogP contribution in [0.5, 0.6) is 0 Å². The van der Waals surface area contributed by atoms with Gasteiger partial charge in [0.2, 0.25) is 5.91 Å². The van der Waals surface area contributed by atoms with Gasteiger partial charge in [-0.25, -0.2) is 9.37 Å². The highest BCUT2D eigenvalue weighted by Crippen LogP contribution is 2.35. The lowest BCUT2D eigenvalue weighted by atomic mass is 10.1. The van der Waals surface area contributed by atoms with Crippen LogP contribution in [0.4, 0.5) is 10.1 Å². The summed E-state index contributed by atoms with van der Waals surface area (Å²) in [6.45, 7) is 2.30. The molecular weight excluding hydrogens is 413 g/mol. The van der Waals surface area contributed by atoms with E-state index in [1.54, 1.807) is 22.8 Å². The summed E-state index contributed by atoms with van der Waals surface area (Å²) < 4.78 is 14.8. The molecule has 0 aliphatic carbocycles. The minimum Gasteiger partial charge on any atom is -0.325 e. The Morgan fingerprint density at radius 3 is 2.42 bits per heavy atom. The standard InChI is InChI=1S/C24H20FN3O2S/c1-2-28-23(30)19-10-6-7-11-20(19)27-24(28)31-21(16-8-4-3-5-9-16)22(29)26-18-14-12-17(25)13-15-18/h3-15,21H,2H2,1H3,(H,26,29). The van der Waals surface area contributed by atoms with Gasteiger partial charge in [0.1, 0.15) is 11.1 Å². The summed E-state index contributed by atoms with van der Waals surface area (Å²) in [7, 11) is 0. The van der Waals surface area contributed by atoms with E-state index in [0.29, 0.717) is 28.3 Å². The average Bonchev–Trinajstić information content (AvgIpc) is 2.79. The largest absolute Gasteiger partial charge is 0.325 e. The van der Waals surface area contributed by atoms with Crippen molar-refractivity contribution in [3.05, 3.63) is 101 Å². The Balaban J connectivity index is 1.74. The van der Waals surface area contributed by atoms with Gasteiger partial charge in [-0.05, 0) is 48.9 Å². The van der Waals surface area contributed by atoms with Crippen molar-refractivity contribution in [1.82, 2.24) is 9.55 Å². The minimum absolute atomic E-state index is 0.138. The number of rotatable bonds is 6. The van der Waals surface area contributed by atoms with Gasteiger partial charge in [-0.15, -0.1) is 0 Å². The SMILES string of the molecule is CCn1c(SC(C(=O)Nc2ccc(F)cc2)c2ccccc2)nc2ccccc2c1=O. The third-order valence-electron chi connectivity index (χ3n) is 4.82. The maximum absolute atomic E-state index is 13.2. The van der Waals surface area contributed by atoms with Crippen LogP contribution in [0.3, 0.4) is 0 Å². The van der Waals surface area contributed by atoms with E-state index in [-0.39, 0.29) is 17.3 Å². The molecule has 1 N–H and O–H groups in total. The van der Waals surface area contributed by atoms with Gasteiger partial charge in [0.15, 0.2) is 5.16 Å². The normalized spacial score (nSPS) is 11.9. The zero-order valence-electron chi connectivity index (χ0n) is 16.8. The maximum atomic E-state index is 13.2. The molecule has 0 bridgehead atoms. The fourth-order valence-electron chi connectivity index (χ4n) is 3.26. The Hall–Kier alpha value is -3.45. The van der Waals surface area contributed by atoms with Crippen molar-refractivity contribution in [3.63, 3.8) is 0 Å². The molecule has 7 heteroatoms. The molecule has 0 saturated heterocycles. The second-order valence-electron chi connectivity index (χ2n) is 6.87. The van der Waals surface area contributed by atoms with E-state index in [1.807, 2.05) is 43.3 Å². The van der Waals surface area contributed by atoms with E-state index in [1.165, 1.54) is 36.0 Å². The number of carbonyl (C=O) groups excluding carboxylic acids is 1. The summed E-state index contributed by atoms with van der Waals surface area (Å²) in [6.07, 6.45) is 0. The molecule has 1 atom stereocenters. The minimum atomic E-state index is -0.655. The van der Waals surface area contributed by atoms with Crippen LogP contribution in [0.15, 0.2) is 88.8 Å². The Bertz CT molecular complexity index is 1270. The number of anilines is 1. The lowest BCUT2D eigenvalue weighted by Crippen LogP contribution is -2.24. The summed E-state index contributed by atoms with van der Waals surface area (Å²) in [5.74, 6) is -0.660. The third-order valence-corrected chi connectivity index (χ3v) is 6.06. The van der Waals surface area contributed by atoms with Crippen LogP contribution >= 0.6 is 11.8 Å². The smallest absolute Gasteiger partial charge is 0.262 e. The molecule has 1 unspecified atom stereocenters. The first-order chi connectivity index (χ1) is 15.1. The zero-order chi connectivity index (χ0) is 21.8. The van der Waals surface area contributed by atoms with Gasteiger partial charge in [-0.3, -0.25) is 14.2 Å². The maximum Gasteiger partial charge on any atom is 0.262 e. The van der Waals surface area contributed by atoms with Crippen molar-refractivity contribution < 1.29 is 9.18 Å². The van der Waals surface area contributed by atoms with Crippen LogP contribution in [0.1, 0.15) is 17.7 Å². The van der Waals surface area contributed by atoms with E-state index >= 15 is 0 Å². The number of hydrogen-bond donors (Lipinski definition) is 1. The molecule has 31 heavy (non-hydrogen) atoms. The first-order valence-corrected chi connectivity index (χ1v) is 10.7. The number of nitrogens with one attached hydrogen (secondary N) is 1. The van der Waals surface area contributed by atoms with Crippen LogP contribution in [0, 0.1) is 5.82 Å². The van der Waals surface area contributed by atoms with Gasteiger partial charge in [0.05, 0.1) is 10.9 Å². The number of para-hydroxylation sites is 1. The molecule has 1 aromatic heterocycles. The first-order valence-electron chi connectivity index (χ1n) is 9.84. The summed E-state index contributed by atoms with van der Waals surface area (Å²) in [5.41, 5.74) is 1.72. The average molecular weight is 434 g/mol. The molecule has 1 amide bonds. The summed E-state index contributed by atoms with van der Waals surface area (Å²) in [5, 5.41) is 3.19. The van der Waals surface area contributed by atoms with Crippen molar-refractivity contribution in [2.45, 2.75) is 23.9 Å². The summed E-state index contributed by atoms with van der Waals surface area (Å²) in [6, 6.07) is 22.1. The number of fused-ring (bicyclic) bond motifs is 1. The van der Waals surface area contributed by atoms with Crippen LogP contribution in [-0.4, -0.2) is 15.5 Å². The molecule has 1 heterocycles. The monoisotopic (exact) mass is 433 g/mol. The Morgan fingerprint density at radius 2 is 1.71 bits per heavy atom. The molecule has 5 nitrogen and oxygen atoms in total. The number of halogens is 1. The third kappa shape index (κ3) is 4.51. The molecule has 4 rings (SSSR count). The van der Waals surface area contributed by atoms with Gasteiger partial charge in [-0.1, -0.05) is 54.2 Å². The lowest BCUT2D eigenvalue weighted by Gasteiger charge is -2.19. The number of nitrogens with zero attached hydrogens (tertiary/aromatic N) is 2. The molecule has 3 aromatic carbocycles. The highest BCUT2D eigenvalue weighted by Gasteiger charge is 2.25. The Morgan fingerprint density at radius 1 is 1.03 bits per heavy atom. The van der Waals surface area contributed by atoms with Crippen LogP contribution in [0.2, 0.25) is 0 Å². The molecule has 156 valence electrons. The summed E-state index contributed by atoms with van der Waals surface area (Å²) in [4.78, 5) is 30.8. The molecule has 0 radical (unpaired) electrons. The van der Waals surface area contributed by atoms with Crippen LogP contribution in [-0.2, 0) is 11.3 Å². The molecule has 0 fully saturated rings. The highest BCUT2D eigenvalue weighted by molar-refractivity contribution is 8.00. The second kappa shape index (κ2) is 9.14. The number of thioether (sulfide) groups is 1. The van der Waals surface area contributed by atoms with E-state index in [0.717, 1.165) is 5.56 Å². The molecule has 4 aromatic rings. The number of hydrogen-bond acceptors (Lipinski definition) is 4. The second-order valence-corrected chi connectivity index (χ2v) is 7.94. The number of amides is 1. The predicted octanol–water partition coefficient (Wildman–Crippen LogP) is 5.03. The van der Waals surface area contributed by atoms with E-state index in [4.69, 9.17) is 0 Å². The molecule has 0 aliphatic rings. The van der Waals surface area contributed by atoms with Crippen molar-refractivity contribution in [2.24, 2.45) is 0 Å². The fraction of sp³-hybridized carbons (Fsp3) is 0.125. The number of aromatic nitrogens is 2. The molecule has 0 aliphatic heterocycles.